The molecule has 0 spiro atoms. The maximum absolute atomic E-state index is 11.8. The van der Waals surface area contributed by atoms with E-state index in [1.807, 2.05) is 0 Å². The fraction of sp³-hybridized carbons (Fsp3) is 0.231. The molecule has 1 atom stereocenters. The molecule has 2 N–H and O–H groups in total. The summed E-state index contributed by atoms with van der Waals surface area (Å²) in [6.07, 6.45) is 2.10. The summed E-state index contributed by atoms with van der Waals surface area (Å²) in [5, 5.41) is 16.7. The van der Waals surface area contributed by atoms with Crippen molar-refractivity contribution in [2.45, 2.75) is 12.3 Å². The van der Waals surface area contributed by atoms with Crippen molar-refractivity contribution in [2.75, 3.05) is 5.32 Å². The molecule has 0 saturated carbocycles. The lowest BCUT2D eigenvalue weighted by Gasteiger charge is -2.23. The quantitative estimate of drug-likeness (QED) is 0.840. The van der Waals surface area contributed by atoms with Crippen LogP contribution in [0.4, 0.5) is 5.82 Å². The van der Waals surface area contributed by atoms with E-state index < -0.39 is 0 Å². The van der Waals surface area contributed by atoms with Gasteiger partial charge in [0.05, 0.1) is 11.2 Å². The highest BCUT2D eigenvalue weighted by Crippen LogP contribution is 2.38. The zero-order valence-corrected chi connectivity index (χ0v) is 11.0. The van der Waals surface area contributed by atoms with Crippen molar-refractivity contribution in [1.29, 1.82) is 0 Å². The van der Waals surface area contributed by atoms with Gasteiger partial charge in [-0.1, -0.05) is 17.7 Å². The molecule has 6 heteroatoms. The van der Waals surface area contributed by atoms with E-state index in [0.29, 0.717) is 12.2 Å². The summed E-state index contributed by atoms with van der Waals surface area (Å²) in [7, 11) is 1.78. The Morgan fingerprint density at radius 2 is 2.32 bits per heavy atom. The first kappa shape index (κ1) is 12.0. The Morgan fingerprint density at radius 3 is 3.05 bits per heavy atom. The van der Waals surface area contributed by atoms with Crippen LogP contribution in [0.5, 0.6) is 5.75 Å². The normalized spacial score (nSPS) is 18.0. The van der Waals surface area contributed by atoms with Gasteiger partial charge >= 0.3 is 0 Å². The summed E-state index contributed by atoms with van der Waals surface area (Å²) in [4.78, 5) is 11.8. The van der Waals surface area contributed by atoms with Crippen molar-refractivity contribution in [3.05, 3.63) is 40.5 Å². The van der Waals surface area contributed by atoms with Crippen molar-refractivity contribution in [2.24, 2.45) is 7.05 Å². The zero-order chi connectivity index (χ0) is 13.6. The van der Waals surface area contributed by atoms with Gasteiger partial charge in [0.1, 0.15) is 11.6 Å². The number of halogens is 1. The van der Waals surface area contributed by atoms with Crippen molar-refractivity contribution in [3.8, 4) is 5.75 Å². The van der Waals surface area contributed by atoms with Crippen LogP contribution in [-0.2, 0) is 11.8 Å². The number of phenolic OH excluding ortho intramolecular Hbond substituents is 1. The third kappa shape index (κ3) is 1.96. The number of phenols is 1. The minimum Gasteiger partial charge on any atom is -0.506 e. The number of hydrogen-bond donors (Lipinski definition) is 2. The molecule has 1 unspecified atom stereocenters. The van der Waals surface area contributed by atoms with Crippen LogP contribution < -0.4 is 5.32 Å². The standard InChI is InChI=1S/C13H12ClN3O2/c1-17-13-9(6-15-17)8(5-12(19)16-13)7-2-3-11(18)10(14)4-7/h2-4,6,8,18H,5H2,1H3,(H,16,19). The fourth-order valence-corrected chi connectivity index (χ4v) is 2.57. The van der Waals surface area contributed by atoms with Gasteiger partial charge in [-0.2, -0.15) is 5.10 Å². The topological polar surface area (TPSA) is 67.2 Å². The highest BCUT2D eigenvalue weighted by Gasteiger charge is 2.29. The Hall–Kier alpha value is -2.01. The molecule has 1 aliphatic rings. The van der Waals surface area contributed by atoms with Crippen LogP contribution >= 0.6 is 11.6 Å². The molecule has 0 saturated heterocycles. The summed E-state index contributed by atoms with van der Waals surface area (Å²) in [5.74, 6) is 0.614. The van der Waals surface area contributed by atoms with Crippen LogP contribution in [-0.4, -0.2) is 20.8 Å². The van der Waals surface area contributed by atoms with Gasteiger partial charge in [0, 0.05) is 24.9 Å². The van der Waals surface area contributed by atoms with Crippen molar-refractivity contribution >= 4 is 23.3 Å². The van der Waals surface area contributed by atoms with Gasteiger partial charge in [0.25, 0.3) is 0 Å². The van der Waals surface area contributed by atoms with Gasteiger partial charge in [-0.15, -0.1) is 0 Å². The molecule has 3 rings (SSSR count). The summed E-state index contributed by atoms with van der Waals surface area (Å²) in [6, 6.07) is 5.01. The van der Waals surface area contributed by atoms with Crippen molar-refractivity contribution < 1.29 is 9.90 Å². The molecule has 0 aliphatic carbocycles. The van der Waals surface area contributed by atoms with Gasteiger partial charge in [0.2, 0.25) is 5.91 Å². The number of aromatic hydroxyl groups is 1. The lowest BCUT2D eigenvalue weighted by molar-refractivity contribution is -0.116. The van der Waals surface area contributed by atoms with E-state index in [2.05, 4.69) is 10.4 Å². The first-order chi connectivity index (χ1) is 9.06. The second kappa shape index (κ2) is 4.28. The van der Waals surface area contributed by atoms with Crippen LogP contribution in [0.3, 0.4) is 0 Å². The number of aromatic nitrogens is 2. The molecule has 98 valence electrons. The second-order valence-corrected chi connectivity index (χ2v) is 5.00. The highest BCUT2D eigenvalue weighted by molar-refractivity contribution is 6.32. The highest BCUT2D eigenvalue weighted by atomic mass is 35.5. The van der Waals surface area contributed by atoms with E-state index in [4.69, 9.17) is 11.6 Å². The molecular weight excluding hydrogens is 266 g/mol. The average Bonchev–Trinajstić information content (AvgIpc) is 2.74. The molecular formula is C13H12ClN3O2. The summed E-state index contributed by atoms with van der Waals surface area (Å²) >= 11 is 5.93. The monoisotopic (exact) mass is 277 g/mol. The molecule has 1 aromatic heterocycles. The summed E-state index contributed by atoms with van der Waals surface area (Å²) in [6.45, 7) is 0. The van der Waals surface area contributed by atoms with Crippen LogP contribution in [0.25, 0.3) is 0 Å². The Bertz CT molecular complexity index is 666. The van der Waals surface area contributed by atoms with Crippen LogP contribution in [0.2, 0.25) is 5.02 Å². The van der Waals surface area contributed by atoms with E-state index in [1.54, 1.807) is 36.1 Å². The lowest BCUT2D eigenvalue weighted by atomic mass is 9.87. The number of anilines is 1. The number of nitrogens with one attached hydrogen (secondary N) is 1. The van der Waals surface area contributed by atoms with Crippen LogP contribution in [0.1, 0.15) is 23.5 Å². The number of carbonyl (C=O) groups excluding carboxylic acids is 1. The number of hydrogen-bond acceptors (Lipinski definition) is 3. The van der Waals surface area contributed by atoms with E-state index in [0.717, 1.165) is 11.1 Å². The smallest absolute Gasteiger partial charge is 0.226 e. The number of aryl methyl sites for hydroxylation is 1. The molecule has 0 bridgehead atoms. The first-order valence-electron chi connectivity index (χ1n) is 5.86. The predicted octanol–water partition coefficient (Wildman–Crippen LogP) is 2.25. The van der Waals surface area contributed by atoms with Gasteiger partial charge in [-0.3, -0.25) is 9.48 Å². The summed E-state index contributed by atoms with van der Waals surface area (Å²) < 4.78 is 1.64. The second-order valence-electron chi connectivity index (χ2n) is 4.59. The molecule has 1 aliphatic heterocycles. The van der Waals surface area contributed by atoms with E-state index in [9.17, 15) is 9.90 Å². The number of fused-ring (bicyclic) bond motifs is 1. The molecule has 5 nitrogen and oxygen atoms in total. The Balaban J connectivity index is 2.09. The molecule has 19 heavy (non-hydrogen) atoms. The largest absolute Gasteiger partial charge is 0.506 e. The van der Waals surface area contributed by atoms with Gasteiger partial charge in [-0.25, -0.2) is 0 Å². The lowest BCUT2D eigenvalue weighted by Crippen LogP contribution is -2.24. The average molecular weight is 278 g/mol. The number of nitrogens with zero attached hydrogens (tertiary/aromatic N) is 2. The molecule has 1 aromatic carbocycles. The zero-order valence-electron chi connectivity index (χ0n) is 10.2. The van der Waals surface area contributed by atoms with Crippen molar-refractivity contribution in [1.82, 2.24) is 9.78 Å². The number of amides is 1. The third-order valence-corrected chi connectivity index (χ3v) is 3.67. The maximum Gasteiger partial charge on any atom is 0.226 e. The maximum atomic E-state index is 11.8. The number of rotatable bonds is 1. The number of benzene rings is 1. The van der Waals surface area contributed by atoms with Gasteiger partial charge < -0.3 is 10.4 Å². The molecule has 2 heterocycles. The SMILES string of the molecule is Cn1ncc2c1NC(=O)CC2c1ccc(O)c(Cl)c1. The van der Waals surface area contributed by atoms with E-state index >= 15 is 0 Å². The third-order valence-electron chi connectivity index (χ3n) is 3.36. The minimum atomic E-state index is -0.0875. The fourth-order valence-electron chi connectivity index (χ4n) is 2.38. The molecule has 0 fully saturated rings. The Morgan fingerprint density at radius 1 is 1.53 bits per heavy atom. The molecule has 2 aromatic rings. The predicted molar refractivity (Wildman–Crippen MR) is 71.4 cm³/mol. The van der Waals surface area contributed by atoms with Gasteiger partial charge in [-0.05, 0) is 17.7 Å². The van der Waals surface area contributed by atoms with Gasteiger partial charge in [0.15, 0.2) is 0 Å². The molecule has 1 amide bonds. The summed E-state index contributed by atoms with van der Waals surface area (Å²) in [5.41, 5.74) is 1.86. The van der Waals surface area contributed by atoms with E-state index in [-0.39, 0.29) is 22.6 Å². The van der Waals surface area contributed by atoms with Crippen LogP contribution in [0.15, 0.2) is 24.4 Å². The minimum absolute atomic E-state index is 0.0390. The van der Waals surface area contributed by atoms with Crippen LogP contribution in [0, 0.1) is 0 Å². The molecule has 0 radical (unpaired) electrons. The first-order valence-corrected chi connectivity index (χ1v) is 6.24. The van der Waals surface area contributed by atoms with Crippen molar-refractivity contribution in [3.63, 3.8) is 0 Å². The van der Waals surface area contributed by atoms with E-state index in [1.165, 1.54) is 0 Å². The Labute approximate surface area is 114 Å². The number of carbonyl (C=O) groups is 1. The Kier molecular flexibility index (Phi) is 2.71.